The Bertz CT molecular complexity index is 424. The highest BCUT2D eigenvalue weighted by atomic mass is 16.5. The van der Waals surface area contributed by atoms with Crippen LogP contribution in [0.25, 0.3) is 0 Å². The summed E-state index contributed by atoms with van der Waals surface area (Å²) in [4.78, 5) is 0. The van der Waals surface area contributed by atoms with E-state index in [1.807, 2.05) is 19.1 Å². The van der Waals surface area contributed by atoms with E-state index in [-0.39, 0.29) is 12.0 Å². The van der Waals surface area contributed by atoms with E-state index in [0.29, 0.717) is 5.92 Å². The normalized spacial score (nSPS) is 26.8. The summed E-state index contributed by atoms with van der Waals surface area (Å²) in [6.45, 7) is 4.32. The lowest BCUT2D eigenvalue weighted by Crippen LogP contribution is -2.16. The second kappa shape index (κ2) is 4.22. The third-order valence-electron chi connectivity index (χ3n) is 4.05. The van der Waals surface area contributed by atoms with Gasteiger partial charge in [-0.1, -0.05) is 13.0 Å². The highest BCUT2D eigenvalue weighted by Crippen LogP contribution is 2.57. The van der Waals surface area contributed by atoms with Gasteiger partial charge >= 0.3 is 0 Å². The van der Waals surface area contributed by atoms with Gasteiger partial charge in [0.1, 0.15) is 11.5 Å². The summed E-state index contributed by atoms with van der Waals surface area (Å²) < 4.78 is 10.8. The molecule has 0 saturated heterocycles. The van der Waals surface area contributed by atoms with Gasteiger partial charge in [0.05, 0.1) is 20.8 Å². The maximum atomic E-state index is 9.63. The van der Waals surface area contributed by atoms with Crippen LogP contribution < -0.4 is 9.47 Å². The molecule has 2 rings (SSSR count). The molecule has 17 heavy (non-hydrogen) atoms. The quantitative estimate of drug-likeness (QED) is 0.871. The molecule has 0 aromatic heterocycles. The van der Waals surface area contributed by atoms with Crippen LogP contribution in [0.2, 0.25) is 0 Å². The molecule has 1 aromatic carbocycles. The van der Waals surface area contributed by atoms with E-state index >= 15 is 0 Å². The molecule has 94 valence electrons. The largest absolute Gasteiger partial charge is 0.496 e. The zero-order chi connectivity index (χ0) is 12.6. The zero-order valence-electron chi connectivity index (χ0n) is 10.9. The molecule has 1 fully saturated rings. The van der Waals surface area contributed by atoms with E-state index < -0.39 is 0 Å². The van der Waals surface area contributed by atoms with Crippen molar-refractivity contribution in [3.8, 4) is 11.5 Å². The van der Waals surface area contributed by atoms with Crippen molar-refractivity contribution in [2.75, 3.05) is 20.8 Å². The van der Waals surface area contributed by atoms with Crippen LogP contribution in [-0.4, -0.2) is 25.9 Å². The third-order valence-corrected chi connectivity index (χ3v) is 4.05. The smallest absolute Gasteiger partial charge is 0.129 e. The molecule has 0 radical (unpaired) electrons. The summed E-state index contributed by atoms with van der Waals surface area (Å²) >= 11 is 0. The number of aliphatic hydroxyl groups excluding tert-OH is 1. The molecule has 2 unspecified atom stereocenters. The van der Waals surface area contributed by atoms with Crippen molar-refractivity contribution >= 4 is 0 Å². The van der Waals surface area contributed by atoms with Gasteiger partial charge in [-0.2, -0.15) is 0 Å². The average molecular weight is 236 g/mol. The molecule has 1 aliphatic carbocycles. The summed E-state index contributed by atoms with van der Waals surface area (Å²) in [5, 5.41) is 9.63. The second-order valence-corrected chi connectivity index (χ2v) is 4.89. The lowest BCUT2D eigenvalue weighted by Gasteiger charge is -2.20. The summed E-state index contributed by atoms with van der Waals surface area (Å²) in [5.74, 6) is 2.18. The van der Waals surface area contributed by atoms with Crippen molar-refractivity contribution in [2.45, 2.75) is 25.7 Å². The van der Waals surface area contributed by atoms with Gasteiger partial charge in [0.25, 0.3) is 0 Å². The van der Waals surface area contributed by atoms with Crippen LogP contribution in [0.1, 0.15) is 24.5 Å². The first kappa shape index (κ1) is 12.2. The Morgan fingerprint density at radius 3 is 2.41 bits per heavy atom. The van der Waals surface area contributed by atoms with Gasteiger partial charge in [-0.3, -0.25) is 0 Å². The number of hydrogen-bond acceptors (Lipinski definition) is 3. The number of benzene rings is 1. The van der Waals surface area contributed by atoms with Crippen LogP contribution in [0.4, 0.5) is 0 Å². The van der Waals surface area contributed by atoms with E-state index in [2.05, 4.69) is 6.92 Å². The van der Waals surface area contributed by atoms with Gasteiger partial charge in [0.15, 0.2) is 0 Å². The summed E-state index contributed by atoms with van der Waals surface area (Å²) in [6, 6.07) is 3.97. The van der Waals surface area contributed by atoms with Crippen molar-refractivity contribution in [1.29, 1.82) is 0 Å². The van der Waals surface area contributed by atoms with Gasteiger partial charge < -0.3 is 14.6 Å². The van der Waals surface area contributed by atoms with Gasteiger partial charge in [0.2, 0.25) is 0 Å². The molecule has 0 aliphatic heterocycles. The molecular formula is C14H20O3. The highest BCUT2D eigenvalue weighted by molar-refractivity contribution is 5.54. The fourth-order valence-electron chi connectivity index (χ4n) is 2.72. The Labute approximate surface area is 102 Å². The number of hydrogen-bond donors (Lipinski definition) is 1. The predicted octanol–water partition coefficient (Wildman–Crippen LogP) is 2.28. The third kappa shape index (κ3) is 1.69. The van der Waals surface area contributed by atoms with Crippen LogP contribution in [0, 0.1) is 12.8 Å². The zero-order valence-corrected chi connectivity index (χ0v) is 10.9. The van der Waals surface area contributed by atoms with Crippen molar-refractivity contribution < 1.29 is 14.6 Å². The number of rotatable bonds is 4. The Hall–Kier alpha value is -1.22. The fourth-order valence-corrected chi connectivity index (χ4v) is 2.72. The Kier molecular flexibility index (Phi) is 3.04. The van der Waals surface area contributed by atoms with E-state index in [9.17, 15) is 5.11 Å². The predicted molar refractivity (Wildman–Crippen MR) is 66.8 cm³/mol. The molecule has 3 heteroatoms. The van der Waals surface area contributed by atoms with Crippen LogP contribution in [-0.2, 0) is 5.41 Å². The summed E-state index contributed by atoms with van der Waals surface area (Å²) in [7, 11) is 3.33. The topological polar surface area (TPSA) is 38.7 Å². The second-order valence-electron chi connectivity index (χ2n) is 4.89. The molecule has 0 heterocycles. The maximum absolute atomic E-state index is 9.63. The van der Waals surface area contributed by atoms with Gasteiger partial charge in [-0.05, 0) is 25.3 Å². The average Bonchev–Trinajstić information content (AvgIpc) is 3.01. The monoisotopic (exact) mass is 236 g/mol. The molecule has 3 nitrogen and oxygen atoms in total. The Balaban J connectivity index is 2.52. The van der Waals surface area contributed by atoms with E-state index in [1.54, 1.807) is 14.2 Å². The molecule has 1 saturated carbocycles. The van der Waals surface area contributed by atoms with E-state index in [4.69, 9.17) is 9.47 Å². The first-order chi connectivity index (χ1) is 8.10. The minimum Gasteiger partial charge on any atom is -0.496 e. The van der Waals surface area contributed by atoms with Crippen LogP contribution in [0.5, 0.6) is 11.5 Å². The minimum atomic E-state index is -0.109. The van der Waals surface area contributed by atoms with Crippen LogP contribution >= 0.6 is 0 Å². The molecule has 2 atom stereocenters. The van der Waals surface area contributed by atoms with Crippen molar-refractivity contribution in [3.63, 3.8) is 0 Å². The first-order valence-corrected chi connectivity index (χ1v) is 5.93. The Morgan fingerprint density at radius 2 is 2.00 bits per heavy atom. The lowest BCUT2D eigenvalue weighted by atomic mass is 9.91. The van der Waals surface area contributed by atoms with E-state index in [1.165, 1.54) is 0 Å². The number of methoxy groups -OCH3 is 2. The number of aliphatic hydroxyl groups is 1. The molecule has 1 aliphatic rings. The van der Waals surface area contributed by atoms with Gasteiger partial charge in [-0.25, -0.2) is 0 Å². The van der Waals surface area contributed by atoms with E-state index in [0.717, 1.165) is 29.0 Å². The van der Waals surface area contributed by atoms with Crippen molar-refractivity contribution in [1.82, 2.24) is 0 Å². The molecule has 0 bridgehead atoms. The lowest BCUT2D eigenvalue weighted by molar-refractivity contribution is 0.243. The molecule has 1 aromatic rings. The molecule has 0 spiro atoms. The maximum Gasteiger partial charge on any atom is 0.129 e. The standard InChI is InChI=1S/C14H20O3/c1-9-7-14(9,8-15)11-5-6-12(16-3)10(2)13(11)17-4/h5-6,9,15H,7-8H2,1-4H3. The van der Waals surface area contributed by atoms with Crippen molar-refractivity contribution in [2.24, 2.45) is 5.92 Å². The van der Waals surface area contributed by atoms with Crippen molar-refractivity contribution in [3.05, 3.63) is 23.3 Å². The first-order valence-electron chi connectivity index (χ1n) is 5.93. The molecule has 1 N–H and O–H groups in total. The Morgan fingerprint density at radius 1 is 1.35 bits per heavy atom. The number of ether oxygens (including phenoxy) is 2. The highest BCUT2D eigenvalue weighted by Gasteiger charge is 2.53. The molecular weight excluding hydrogens is 216 g/mol. The van der Waals surface area contributed by atoms with Gasteiger partial charge in [0, 0.05) is 16.5 Å². The SMILES string of the molecule is COc1ccc(C2(CO)CC2C)c(OC)c1C. The summed E-state index contributed by atoms with van der Waals surface area (Å²) in [5.41, 5.74) is 2.00. The molecule has 0 amide bonds. The van der Waals surface area contributed by atoms with Crippen LogP contribution in [0.3, 0.4) is 0 Å². The minimum absolute atomic E-state index is 0.109. The fraction of sp³-hybridized carbons (Fsp3) is 0.571. The van der Waals surface area contributed by atoms with Crippen LogP contribution in [0.15, 0.2) is 12.1 Å². The summed E-state index contributed by atoms with van der Waals surface area (Å²) in [6.07, 6.45) is 1.02. The van der Waals surface area contributed by atoms with Gasteiger partial charge in [-0.15, -0.1) is 0 Å².